The lowest BCUT2D eigenvalue weighted by atomic mass is 9.87. The normalized spacial score (nSPS) is 16.2. The number of thiophene rings is 1. The molecule has 2 heterocycles. The van der Waals surface area contributed by atoms with Crippen molar-refractivity contribution in [2.24, 2.45) is 0 Å². The third-order valence-electron chi connectivity index (χ3n) is 9.76. The van der Waals surface area contributed by atoms with Gasteiger partial charge in [0.1, 0.15) is 23.5 Å². The van der Waals surface area contributed by atoms with Gasteiger partial charge in [-0.2, -0.15) is 10.5 Å². The number of ether oxygens (including phenoxy) is 1. The summed E-state index contributed by atoms with van der Waals surface area (Å²) in [6, 6.07) is 24.2. The molecule has 0 N–H and O–H groups in total. The third-order valence-corrected chi connectivity index (χ3v) is 15.1. The average Bonchev–Trinajstić information content (AvgIpc) is 3.68. The van der Waals surface area contributed by atoms with E-state index in [4.69, 9.17) is 15.7 Å². The number of anilines is 1. The zero-order valence-electron chi connectivity index (χ0n) is 31.3. The van der Waals surface area contributed by atoms with Crippen LogP contribution in [0.5, 0.6) is 5.75 Å². The van der Waals surface area contributed by atoms with Crippen LogP contribution < -0.4 is 9.33 Å². The molecule has 2 aromatic carbocycles. The van der Waals surface area contributed by atoms with Gasteiger partial charge in [-0.3, -0.25) is 0 Å². The minimum atomic E-state index is -2.11. The first-order valence-corrected chi connectivity index (χ1v) is 21.5. The zero-order chi connectivity index (χ0) is 37.2. The molecule has 1 unspecified atom stereocenters. The molecule has 264 valence electrons. The Hall–Kier alpha value is -4.81. The smallest absolute Gasteiger partial charge is 0.250 e. The number of rotatable bonds is 14. The highest BCUT2D eigenvalue weighted by molar-refractivity contribution is 7.13. The topological polar surface area (TPSA) is 73.6 Å². The minimum Gasteiger partial charge on any atom is -0.543 e. The lowest BCUT2D eigenvalue weighted by molar-refractivity contribution is 0.0755. The van der Waals surface area contributed by atoms with E-state index in [-0.39, 0.29) is 22.1 Å². The van der Waals surface area contributed by atoms with Crippen molar-refractivity contribution in [1.29, 1.82) is 10.5 Å². The summed E-state index contributed by atoms with van der Waals surface area (Å²) in [6.07, 6.45) is 12.8. The highest BCUT2D eigenvalue weighted by Gasteiger charge is 2.44. The lowest BCUT2D eigenvalue weighted by Crippen LogP contribution is -2.44. The van der Waals surface area contributed by atoms with E-state index in [2.05, 4.69) is 99.9 Å². The van der Waals surface area contributed by atoms with Gasteiger partial charge in [-0.05, 0) is 86.0 Å². The second-order valence-electron chi connectivity index (χ2n) is 14.5. The Morgan fingerprint density at radius 1 is 0.941 bits per heavy atom. The van der Waals surface area contributed by atoms with E-state index in [1.165, 1.54) is 5.69 Å². The number of benzene rings is 2. The van der Waals surface area contributed by atoms with Gasteiger partial charge in [0.2, 0.25) is 5.70 Å². The van der Waals surface area contributed by atoms with E-state index in [1.54, 1.807) is 11.3 Å². The quantitative estimate of drug-likeness (QED) is 0.0944. The van der Waals surface area contributed by atoms with E-state index in [9.17, 15) is 10.5 Å². The maximum atomic E-state index is 9.61. The summed E-state index contributed by atoms with van der Waals surface area (Å²) in [5, 5.41) is 19.3. The molecule has 0 fully saturated rings. The predicted molar refractivity (Wildman–Crippen MR) is 215 cm³/mol. The van der Waals surface area contributed by atoms with Crippen LogP contribution in [-0.2, 0) is 10.3 Å². The molecule has 0 radical (unpaired) electrons. The standard InChI is InChI=1S/C43H50N4O2SSi/c1-10-12-27-47(28-13-11-2)35-21-19-32(39(29-35)49-51(8,9)42(3,4)5)20-22-36-23-24-37(50-36)25-26-38-40(46-7)41(33(30-44)31-45)48-43(38,6)34-17-15-14-16-18-34/h14-26,29H,10-13,27-28H2,1-6,8-9H3/b22-20+,26-25+. The number of allylic oxidation sites excluding steroid dienone is 1. The van der Waals surface area contributed by atoms with Gasteiger partial charge in [-0.25, -0.2) is 4.85 Å². The number of hydrogen-bond acceptors (Lipinski definition) is 6. The molecule has 0 amide bonds. The van der Waals surface area contributed by atoms with E-state index < -0.39 is 13.9 Å². The van der Waals surface area contributed by atoms with Gasteiger partial charge in [0.05, 0.1) is 6.57 Å². The van der Waals surface area contributed by atoms with Crippen LogP contribution in [0, 0.1) is 29.2 Å². The summed E-state index contributed by atoms with van der Waals surface area (Å²) in [4.78, 5) is 8.31. The van der Waals surface area contributed by atoms with Crippen LogP contribution >= 0.6 is 11.3 Å². The van der Waals surface area contributed by atoms with Crippen LogP contribution in [0.15, 0.2) is 89.3 Å². The van der Waals surface area contributed by atoms with Gasteiger partial charge in [0, 0.05) is 45.7 Å². The van der Waals surface area contributed by atoms with Gasteiger partial charge in [-0.1, -0.05) is 83.9 Å². The Morgan fingerprint density at radius 3 is 2.10 bits per heavy atom. The molecule has 1 atom stereocenters. The largest absolute Gasteiger partial charge is 0.543 e. The summed E-state index contributed by atoms with van der Waals surface area (Å²) < 4.78 is 13.3. The summed E-state index contributed by atoms with van der Waals surface area (Å²) in [7, 11) is -2.11. The van der Waals surface area contributed by atoms with Crippen molar-refractivity contribution in [2.75, 3.05) is 18.0 Å². The highest BCUT2D eigenvalue weighted by Crippen LogP contribution is 2.48. The molecule has 6 nitrogen and oxygen atoms in total. The van der Waals surface area contributed by atoms with Crippen LogP contribution in [-0.4, -0.2) is 21.4 Å². The van der Waals surface area contributed by atoms with E-state index in [0.717, 1.165) is 65.4 Å². The van der Waals surface area contributed by atoms with Crippen LogP contribution in [0.2, 0.25) is 18.1 Å². The SMILES string of the molecule is [C-]#[N+]C1=C(/C=C/c2ccc(/C=C/c3ccc(N(CCCC)CCCC)cc3O[Si](C)(C)C(C)(C)C)s2)C(C)(c2ccccc2)OC1=C(C#N)C#N. The summed E-state index contributed by atoms with van der Waals surface area (Å²) in [6.45, 7) is 27.8. The summed E-state index contributed by atoms with van der Waals surface area (Å²) >= 11 is 1.63. The van der Waals surface area contributed by atoms with Crippen molar-refractivity contribution in [2.45, 2.75) is 91.0 Å². The Bertz CT molecular complexity index is 1920. The van der Waals surface area contributed by atoms with Gasteiger partial charge in [0.25, 0.3) is 8.32 Å². The number of nitrogens with zero attached hydrogens (tertiary/aromatic N) is 4. The van der Waals surface area contributed by atoms with Gasteiger partial charge in [-0.15, -0.1) is 11.3 Å². The highest BCUT2D eigenvalue weighted by atomic mass is 32.1. The van der Waals surface area contributed by atoms with Crippen molar-refractivity contribution in [1.82, 2.24) is 0 Å². The molecular formula is C43H50N4O2SSi. The van der Waals surface area contributed by atoms with Crippen LogP contribution in [0.3, 0.4) is 0 Å². The van der Waals surface area contributed by atoms with Crippen molar-refractivity contribution in [3.05, 3.63) is 122 Å². The number of nitriles is 2. The molecule has 0 bridgehead atoms. The first-order chi connectivity index (χ1) is 24.3. The van der Waals surface area contributed by atoms with Crippen LogP contribution in [0.4, 0.5) is 5.69 Å². The first-order valence-electron chi connectivity index (χ1n) is 17.8. The van der Waals surface area contributed by atoms with Crippen LogP contribution in [0.25, 0.3) is 23.1 Å². The summed E-state index contributed by atoms with van der Waals surface area (Å²) in [5.74, 6) is 0.958. The van der Waals surface area contributed by atoms with Crippen LogP contribution in [0.1, 0.15) is 88.1 Å². The van der Waals surface area contributed by atoms with Crippen molar-refractivity contribution in [3.63, 3.8) is 0 Å². The van der Waals surface area contributed by atoms with E-state index in [1.807, 2.05) is 61.5 Å². The molecule has 1 aromatic heterocycles. The Morgan fingerprint density at radius 2 is 1.55 bits per heavy atom. The fraction of sp³-hybridized carbons (Fsp3) is 0.372. The van der Waals surface area contributed by atoms with E-state index >= 15 is 0 Å². The molecule has 0 saturated carbocycles. The Balaban J connectivity index is 1.69. The zero-order valence-corrected chi connectivity index (χ0v) is 33.2. The van der Waals surface area contributed by atoms with Gasteiger partial charge >= 0.3 is 0 Å². The maximum absolute atomic E-state index is 9.61. The fourth-order valence-electron chi connectivity index (χ4n) is 5.60. The molecular weight excluding hydrogens is 665 g/mol. The van der Waals surface area contributed by atoms with Gasteiger partial charge in [0.15, 0.2) is 11.3 Å². The van der Waals surface area contributed by atoms with Crippen molar-refractivity contribution in [3.8, 4) is 17.9 Å². The second-order valence-corrected chi connectivity index (χ2v) is 20.4. The second kappa shape index (κ2) is 16.9. The maximum Gasteiger partial charge on any atom is 0.250 e. The third kappa shape index (κ3) is 9.11. The molecule has 1 aliphatic rings. The Kier molecular flexibility index (Phi) is 12.9. The average molecular weight is 715 g/mol. The first kappa shape index (κ1) is 39.0. The van der Waals surface area contributed by atoms with Crippen molar-refractivity contribution < 1.29 is 9.16 Å². The monoisotopic (exact) mass is 714 g/mol. The van der Waals surface area contributed by atoms with E-state index in [0.29, 0.717) is 5.57 Å². The van der Waals surface area contributed by atoms with Crippen molar-refractivity contribution >= 4 is 43.6 Å². The van der Waals surface area contributed by atoms with Gasteiger partial charge < -0.3 is 14.1 Å². The Labute approximate surface area is 310 Å². The molecule has 0 spiro atoms. The molecule has 3 aromatic rings. The predicted octanol–water partition coefficient (Wildman–Crippen LogP) is 12.1. The molecule has 0 saturated heterocycles. The number of unbranched alkanes of at least 4 members (excludes halogenated alkanes) is 2. The molecule has 1 aliphatic heterocycles. The number of hydrogen-bond donors (Lipinski definition) is 0. The molecule has 0 aliphatic carbocycles. The molecule has 8 heteroatoms. The molecule has 4 rings (SSSR count). The summed E-state index contributed by atoms with van der Waals surface area (Å²) in [5.41, 5.74) is 2.62. The fourth-order valence-corrected chi connectivity index (χ4v) is 7.45. The molecule has 51 heavy (non-hydrogen) atoms. The minimum absolute atomic E-state index is 0.0244. The lowest BCUT2D eigenvalue weighted by Gasteiger charge is -2.37.